The maximum atomic E-state index is 8.76. The van der Waals surface area contributed by atoms with E-state index in [-0.39, 0.29) is 0 Å². The summed E-state index contributed by atoms with van der Waals surface area (Å²) in [6.07, 6.45) is 0. The molecule has 1 aromatic heterocycles. The monoisotopic (exact) mass is 277 g/mol. The first-order chi connectivity index (χ1) is 8.60. The maximum absolute atomic E-state index is 8.76. The summed E-state index contributed by atoms with van der Waals surface area (Å²) in [7, 11) is 0. The van der Waals surface area contributed by atoms with Crippen LogP contribution in [0.25, 0.3) is 0 Å². The summed E-state index contributed by atoms with van der Waals surface area (Å²) >= 11 is 7.76. The van der Waals surface area contributed by atoms with Crippen LogP contribution in [0.15, 0.2) is 18.2 Å². The molecule has 0 amide bonds. The standard InChI is InChI=1S/C13H12ClN3S/c1-8-9(2)18-13(17-8)7-16-12-4-3-10(6-15)5-11(12)14/h3-5,16H,7H2,1-2H3. The number of aromatic nitrogens is 1. The summed E-state index contributed by atoms with van der Waals surface area (Å²) in [6.45, 7) is 4.71. The van der Waals surface area contributed by atoms with Crippen LogP contribution in [0.3, 0.4) is 0 Å². The van der Waals surface area contributed by atoms with Gasteiger partial charge in [0, 0.05) is 4.88 Å². The van der Waals surface area contributed by atoms with Crippen LogP contribution in [-0.4, -0.2) is 4.98 Å². The van der Waals surface area contributed by atoms with Crippen LogP contribution in [0.5, 0.6) is 0 Å². The summed E-state index contributed by atoms with van der Waals surface area (Å²) in [5.74, 6) is 0. The highest BCUT2D eigenvalue weighted by Crippen LogP contribution is 2.24. The molecule has 0 saturated heterocycles. The molecule has 0 fully saturated rings. The number of rotatable bonds is 3. The van der Waals surface area contributed by atoms with Crippen molar-refractivity contribution in [3.8, 4) is 6.07 Å². The van der Waals surface area contributed by atoms with Crippen molar-refractivity contribution in [2.24, 2.45) is 0 Å². The lowest BCUT2D eigenvalue weighted by atomic mass is 10.2. The van der Waals surface area contributed by atoms with Crippen LogP contribution < -0.4 is 5.32 Å². The highest BCUT2D eigenvalue weighted by Gasteiger charge is 2.05. The van der Waals surface area contributed by atoms with Gasteiger partial charge in [-0.25, -0.2) is 4.98 Å². The molecule has 3 nitrogen and oxygen atoms in total. The number of nitrogens with zero attached hydrogens (tertiary/aromatic N) is 2. The van der Waals surface area contributed by atoms with E-state index in [0.29, 0.717) is 17.1 Å². The van der Waals surface area contributed by atoms with Gasteiger partial charge >= 0.3 is 0 Å². The summed E-state index contributed by atoms with van der Waals surface area (Å²) in [5.41, 5.74) is 2.45. The smallest absolute Gasteiger partial charge is 0.112 e. The zero-order valence-corrected chi connectivity index (χ0v) is 11.7. The molecule has 0 spiro atoms. The number of nitriles is 1. The topological polar surface area (TPSA) is 48.7 Å². The largest absolute Gasteiger partial charge is 0.377 e. The third kappa shape index (κ3) is 2.81. The van der Waals surface area contributed by atoms with Crippen LogP contribution in [0.4, 0.5) is 5.69 Å². The molecule has 0 aliphatic heterocycles. The molecular formula is C13H12ClN3S. The lowest BCUT2D eigenvalue weighted by molar-refractivity contribution is 1.07. The Balaban J connectivity index is 2.09. The van der Waals surface area contributed by atoms with Gasteiger partial charge in [0.25, 0.3) is 0 Å². The van der Waals surface area contributed by atoms with E-state index in [0.717, 1.165) is 16.4 Å². The summed E-state index contributed by atoms with van der Waals surface area (Å²) in [4.78, 5) is 5.68. The molecule has 1 N–H and O–H groups in total. The molecule has 2 rings (SSSR count). The van der Waals surface area contributed by atoms with Crippen molar-refractivity contribution < 1.29 is 0 Å². The van der Waals surface area contributed by atoms with Crippen molar-refractivity contribution in [3.63, 3.8) is 0 Å². The molecule has 0 saturated carbocycles. The number of thiazole rings is 1. The van der Waals surface area contributed by atoms with Gasteiger partial charge in [0.1, 0.15) is 5.01 Å². The quantitative estimate of drug-likeness (QED) is 0.926. The molecule has 0 aliphatic rings. The Morgan fingerprint density at radius 3 is 2.78 bits per heavy atom. The Bertz CT molecular complexity index is 594. The van der Waals surface area contributed by atoms with Crippen LogP contribution >= 0.6 is 22.9 Å². The molecule has 18 heavy (non-hydrogen) atoms. The van der Waals surface area contributed by atoms with E-state index >= 15 is 0 Å². The fourth-order valence-electron chi connectivity index (χ4n) is 1.51. The molecular weight excluding hydrogens is 266 g/mol. The zero-order valence-electron chi connectivity index (χ0n) is 10.1. The maximum Gasteiger partial charge on any atom is 0.112 e. The Labute approximate surface area is 115 Å². The number of anilines is 1. The molecule has 1 heterocycles. The predicted molar refractivity (Wildman–Crippen MR) is 75.1 cm³/mol. The number of benzene rings is 1. The first-order valence-corrected chi connectivity index (χ1v) is 6.66. The summed E-state index contributed by atoms with van der Waals surface area (Å²) in [5, 5.41) is 13.6. The number of halogens is 1. The fraction of sp³-hybridized carbons (Fsp3) is 0.231. The second-order valence-electron chi connectivity index (χ2n) is 3.91. The van der Waals surface area contributed by atoms with Gasteiger partial charge in [0.2, 0.25) is 0 Å². The van der Waals surface area contributed by atoms with Gasteiger partial charge in [-0.05, 0) is 32.0 Å². The number of nitrogens with one attached hydrogen (secondary N) is 1. The van der Waals surface area contributed by atoms with Gasteiger partial charge < -0.3 is 5.32 Å². The van der Waals surface area contributed by atoms with Crippen molar-refractivity contribution in [3.05, 3.63) is 44.4 Å². The molecule has 2 aromatic rings. The van der Waals surface area contributed by atoms with Gasteiger partial charge in [0.15, 0.2) is 0 Å². The molecule has 0 aliphatic carbocycles. The Kier molecular flexibility index (Phi) is 3.85. The summed E-state index contributed by atoms with van der Waals surface area (Å²) < 4.78 is 0. The average Bonchev–Trinajstić information content (AvgIpc) is 2.67. The van der Waals surface area contributed by atoms with E-state index in [2.05, 4.69) is 23.3 Å². The third-order valence-electron chi connectivity index (χ3n) is 2.60. The van der Waals surface area contributed by atoms with Gasteiger partial charge in [-0.1, -0.05) is 11.6 Å². The van der Waals surface area contributed by atoms with Crippen LogP contribution in [0.1, 0.15) is 21.1 Å². The molecule has 5 heteroatoms. The van der Waals surface area contributed by atoms with Crippen molar-refractivity contribution in [2.75, 3.05) is 5.32 Å². The average molecular weight is 278 g/mol. The SMILES string of the molecule is Cc1nc(CNc2ccc(C#N)cc2Cl)sc1C. The minimum absolute atomic E-state index is 0.555. The van der Waals surface area contributed by atoms with Gasteiger partial charge in [-0.15, -0.1) is 11.3 Å². The van der Waals surface area contributed by atoms with Gasteiger partial charge in [-0.2, -0.15) is 5.26 Å². The summed E-state index contributed by atoms with van der Waals surface area (Å²) in [6, 6.07) is 7.27. The Hall–Kier alpha value is -1.57. The van der Waals surface area contributed by atoms with Gasteiger partial charge in [-0.3, -0.25) is 0 Å². The molecule has 0 bridgehead atoms. The fourth-order valence-corrected chi connectivity index (χ4v) is 2.63. The van der Waals surface area contributed by atoms with E-state index in [1.807, 2.05) is 13.0 Å². The Morgan fingerprint density at radius 1 is 1.44 bits per heavy atom. The first-order valence-electron chi connectivity index (χ1n) is 5.46. The number of aryl methyl sites for hydroxylation is 2. The van der Waals surface area contributed by atoms with Crippen molar-refractivity contribution in [1.82, 2.24) is 4.98 Å². The second-order valence-corrected chi connectivity index (χ2v) is 5.60. The molecule has 92 valence electrons. The first kappa shape index (κ1) is 12.9. The highest BCUT2D eigenvalue weighted by atomic mass is 35.5. The molecule has 0 radical (unpaired) electrons. The molecule has 1 aromatic carbocycles. The second kappa shape index (κ2) is 5.38. The van der Waals surface area contributed by atoms with E-state index in [1.54, 1.807) is 23.5 Å². The third-order valence-corrected chi connectivity index (χ3v) is 3.99. The van der Waals surface area contributed by atoms with Crippen LogP contribution in [0, 0.1) is 25.2 Å². The zero-order chi connectivity index (χ0) is 13.1. The predicted octanol–water partition coefficient (Wildman–Crippen LogP) is 3.90. The molecule has 0 atom stereocenters. The van der Waals surface area contributed by atoms with Crippen molar-refractivity contribution >= 4 is 28.6 Å². The number of hydrogen-bond donors (Lipinski definition) is 1. The Morgan fingerprint density at radius 2 is 2.22 bits per heavy atom. The highest BCUT2D eigenvalue weighted by molar-refractivity contribution is 7.11. The minimum Gasteiger partial charge on any atom is -0.377 e. The van der Waals surface area contributed by atoms with E-state index in [4.69, 9.17) is 16.9 Å². The van der Waals surface area contributed by atoms with Crippen molar-refractivity contribution in [2.45, 2.75) is 20.4 Å². The van der Waals surface area contributed by atoms with Crippen LogP contribution in [-0.2, 0) is 6.54 Å². The number of hydrogen-bond acceptors (Lipinski definition) is 4. The van der Waals surface area contributed by atoms with Crippen LogP contribution in [0.2, 0.25) is 5.02 Å². The molecule has 0 unspecified atom stereocenters. The van der Waals surface area contributed by atoms with E-state index in [1.165, 1.54) is 4.88 Å². The van der Waals surface area contributed by atoms with Gasteiger partial charge in [0.05, 0.1) is 34.6 Å². The van der Waals surface area contributed by atoms with Crippen molar-refractivity contribution in [1.29, 1.82) is 5.26 Å². The lowest BCUT2D eigenvalue weighted by Gasteiger charge is -2.06. The van der Waals surface area contributed by atoms with E-state index in [9.17, 15) is 0 Å². The van der Waals surface area contributed by atoms with E-state index < -0.39 is 0 Å². The minimum atomic E-state index is 0.555. The normalized spacial score (nSPS) is 10.1. The lowest BCUT2D eigenvalue weighted by Crippen LogP contribution is -1.99.